The lowest BCUT2D eigenvalue weighted by atomic mass is 9.99. The number of nitrogens with zero attached hydrogens (tertiary/aromatic N) is 1. The molecule has 0 unspecified atom stereocenters. The van der Waals surface area contributed by atoms with E-state index in [4.69, 9.17) is 0 Å². The largest absolute Gasteiger partial charge is 0.326 e. The van der Waals surface area contributed by atoms with Crippen LogP contribution in [0.15, 0.2) is 43.2 Å². The average molecular weight is 471 g/mol. The van der Waals surface area contributed by atoms with Crippen molar-refractivity contribution in [1.29, 1.82) is 0 Å². The van der Waals surface area contributed by atoms with Gasteiger partial charge in [-0.05, 0) is 44.0 Å². The van der Waals surface area contributed by atoms with Crippen molar-refractivity contribution in [1.82, 2.24) is 14.3 Å². The van der Waals surface area contributed by atoms with Crippen molar-refractivity contribution >= 4 is 37.5 Å². The Morgan fingerprint density at radius 1 is 1.21 bits per heavy atom. The summed E-state index contributed by atoms with van der Waals surface area (Å²) in [5.41, 5.74) is -1.16. The lowest BCUT2D eigenvalue weighted by molar-refractivity contribution is -0.120. The molecule has 2 aromatic rings. The first-order chi connectivity index (χ1) is 13.2. The smallest absolute Gasteiger partial charge is 0.325 e. The maximum absolute atomic E-state index is 13.0. The van der Waals surface area contributed by atoms with Crippen molar-refractivity contribution in [3.63, 3.8) is 0 Å². The van der Waals surface area contributed by atoms with Gasteiger partial charge in [-0.2, -0.15) is 4.31 Å². The molecule has 0 spiro atoms. The summed E-state index contributed by atoms with van der Waals surface area (Å²) in [5.74, 6) is -0.830. The average Bonchev–Trinajstić information content (AvgIpc) is 2.62. The van der Waals surface area contributed by atoms with E-state index >= 15 is 0 Å². The molecule has 1 amide bonds. The van der Waals surface area contributed by atoms with Crippen molar-refractivity contribution in [2.45, 2.75) is 24.7 Å². The maximum Gasteiger partial charge on any atom is 0.325 e. The predicted molar refractivity (Wildman–Crippen MR) is 107 cm³/mol. The first kappa shape index (κ1) is 20.5. The Labute approximate surface area is 169 Å². The Hall–Kier alpha value is -2.24. The third kappa shape index (κ3) is 4.26. The molecule has 0 aliphatic carbocycles. The Bertz CT molecular complexity index is 1110. The van der Waals surface area contributed by atoms with Crippen LogP contribution in [0.2, 0.25) is 0 Å². The number of carbonyl (C=O) groups is 1. The van der Waals surface area contributed by atoms with Crippen LogP contribution in [0.1, 0.15) is 18.5 Å². The fourth-order valence-corrected chi connectivity index (χ4v) is 5.17. The molecule has 1 atom stereocenters. The number of carbonyl (C=O) groups excluding carboxylic acids is 1. The highest BCUT2D eigenvalue weighted by Crippen LogP contribution is 2.24. The molecule has 11 heteroatoms. The van der Waals surface area contributed by atoms with Gasteiger partial charge in [-0.15, -0.1) is 0 Å². The Balaban J connectivity index is 1.81. The second-order valence-electron chi connectivity index (χ2n) is 6.56. The van der Waals surface area contributed by atoms with Gasteiger partial charge in [0.25, 0.3) is 5.56 Å². The van der Waals surface area contributed by atoms with E-state index in [1.165, 1.54) is 6.92 Å². The minimum absolute atomic E-state index is 0.0322. The second-order valence-corrected chi connectivity index (χ2v) is 9.35. The van der Waals surface area contributed by atoms with Gasteiger partial charge in [0.15, 0.2) is 4.90 Å². The van der Waals surface area contributed by atoms with Crippen LogP contribution >= 0.6 is 15.9 Å². The molecular weight excluding hydrogens is 452 g/mol. The minimum atomic E-state index is -4.15. The summed E-state index contributed by atoms with van der Waals surface area (Å²) in [5, 5.41) is 2.78. The van der Waals surface area contributed by atoms with Crippen molar-refractivity contribution in [2.75, 3.05) is 18.4 Å². The molecule has 0 bridgehead atoms. The number of anilines is 1. The lowest BCUT2D eigenvalue weighted by Gasteiger charge is -2.31. The number of piperidine rings is 1. The summed E-state index contributed by atoms with van der Waals surface area (Å²) >= 11 is 3.32. The number of rotatable bonds is 4. The zero-order valence-electron chi connectivity index (χ0n) is 15.0. The number of sulfonamides is 1. The second kappa shape index (κ2) is 8.02. The van der Waals surface area contributed by atoms with E-state index in [1.807, 2.05) is 4.98 Å². The van der Waals surface area contributed by atoms with Crippen molar-refractivity contribution in [3.05, 3.63) is 55.3 Å². The highest BCUT2D eigenvalue weighted by atomic mass is 79.9. The number of amides is 1. The van der Waals surface area contributed by atoms with Crippen LogP contribution in [-0.4, -0.2) is 41.7 Å². The molecule has 1 fully saturated rings. The van der Waals surface area contributed by atoms with Crippen LogP contribution < -0.4 is 16.6 Å². The third-order valence-electron chi connectivity index (χ3n) is 4.54. The maximum atomic E-state index is 13.0. The van der Waals surface area contributed by atoms with Crippen molar-refractivity contribution < 1.29 is 13.2 Å². The molecule has 1 aliphatic rings. The topological polar surface area (TPSA) is 132 Å². The van der Waals surface area contributed by atoms with Gasteiger partial charge in [0.2, 0.25) is 15.9 Å². The first-order valence-corrected chi connectivity index (χ1v) is 10.8. The lowest BCUT2D eigenvalue weighted by Crippen LogP contribution is -2.45. The summed E-state index contributed by atoms with van der Waals surface area (Å²) in [7, 11) is -4.15. The monoisotopic (exact) mass is 470 g/mol. The molecule has 1 saturated heterocycles. The van der Waals surface area contributed by atoms with Gasteiger partial charge in [-0.25, -0.2) is 13.2 Å². The molecule has 2 heterocycles. The van der Waals surface area contributed by atoms with Gasteiger partial charge in [0.1, 0.15) is 0 Å². The molecule has 150 valence electrons. The molecule has 28 heavy (non-hydrogen) atoms. The normalized spacial score (nSPS) is 18.0. The van der Waals surface area contributed by atoms with E-state index in [-0.39, 0.29) is 24.7 Å². The van der Waals surface area contributed by atoms with E-state index in [9.17, 15) is 22.8 Å². The summed E-state index contributed by atoms with van der Waals surface area (Å²) in [6.45, 7) is 1.51. The van der Waals surface area contributed by atoms with Gasteiger partial charge in [-0.3, -0.25) is 14.6 Å². The summed E-state index contributed by atoms with van der Waals surface area (Å²) in [6, 6.07) is 7.06. The summed E-state index contributed by atoms with van der Waals surface area (Å²) in [6.07, 6.45) is 1.02. The van der Waals surface area contributed by atoms with Gasteiger partial charge < -0.3 is 10.3 Å². The highest BCUT2D eigenvalue weighted by Gasteiger charge is 2.35. The number of aromatic amines is 2. The predicted octanol–water partition coefficient (Wildman–Crippen LogP) is 1.17. The van der Waals surface area contributed by atoms with Crippen LogP contribution in [0, 0.1) is 12.8 Å². The molecule has 1 aromatic heterocycles. The van der Waals surface area contributed by atoms with Crippen LogP contribution in [0.4, 0.5) is 5.69 Å². The molecule has 3 N–H and O–H groups in total. The fourth-order valence-electron chi connectivity index (χ4n) is 3.18. The number of halogens is 1. The first-order valence-electron chi connectivity index (χ1n) is 8.58. The Kier molecular flexibility index (Phi) is 5.87. The molecule has 1 aromatic carbocycles. The zero-order valence-corrected chi connectivity index (χ0v) is 17.4. The fraction of sp³-hybridized carbons (Fsp3) is 0.353. The zero-order chi connectivity index (χ0) is 20.5. The van der Waals surface area contributed by atoms with Crippen LogP contribution in [-0.2, 0) is 14.8 Å². The van der Waals surface area contributed by atoms with Crippen molar-refractivity contribution in [2.24, 2.45) is 5.92 Å². The molecule has 3 rings (SSSR count). The number of hydrogen-bond acceptors (Lipinski definition) is 5. The van der Waals surface area contributed by atoms with Crippen LogP contribution in [0.3, 0.4) is 0 Å². The van der Waals surface area contributed by atoms with E-state index in [0.717, 1.165) is 8.78 Å². The van der Waals surface area contributed by atoms with Gasteiger partial charge in [0, 0.05) is 28.9 Å². The number of benzene rings is 1. The molecule has 0 saturated carbocycles. The number of aromatic nitrogens is 2. The van der Waals surface area contributed by atoms with Crippen LogP contribution in [0.5, 0.6) is 0 Å². The number of nitrogens with one attached hydrogen (secondary N) is 3. The SMILES string of the molecule is Cc1[nH]c(=O)[nH]c(=O)c1S(=O)(=O)N1CCC[C@@H](C(=O)Nc2ccc(Br)cc2)C1. The molecular formula is C17H19BrN4O5S. The minimum Gasteiger partial charge on any atom is -0.326 e. The Morgan fingerprint density at radius 3 is 2.54 bits per heavy atom. The van der Waals surface area contributed by atoms with E-state index in [0.29, 0.717) is 18.5 Å². The van der Waals surface area contributed by atoms with Gasteiger partial charge in [-0.1, -0.05) is 15.9 Å². The molecule has 1 aliphatic heterocycles. The standard InChI is InChI=1S/C17H19BrN4O5S/c1-10-14(16(24)21-17(25)19-10)28(26,27)22-8-2-3-11(9-22)15(23)20-13-6-4-12(18)5-7-13/h4-7,11H,2-3,8-9H2,1H3,(H,20,23)(H2,19,21,24,25)/t11-/m1/s1. The summed E-state index contributed by atoms with van der Waals surface area (Å²) in [4.78, 5) is 39.7. The van der Waals surface area contributed by atoms with Crippen LogP contribution in [0.25, 0.3) is 0 Å². The summed E-state index contributed by atoms with van der Waals surface area (Å²) < 4.78 is 27.9. The quantitative estimate of drug-likeness (QED) is 0.616. The third-order valence-corrected chi connectivity index (χ3v) is 7.09. The Morgan fingerprint density at radius 2 is 1.89 bits per heavy atom. The van der Waals surface area contributed by atoms with Crippen molar-refractivity contribution in [3.8, 4) is 0 Å². The van der Waals surface area contributed by atoms with E-state index in [2.05, 4.69) is 26.2 Å². The van der Waals surface area contributed by atoms with Gasteiger partial charge in [0.05, 0.1) is 5.92 Å². The molecule has 0 radical (unpaired) electrons. The number of hydrogen-bond donors (Lipinski definition) is 3. The van der Waals surface area contributed by atoms with Gasteiger partial charge >= 0.3 is 5.69 Å². The molecule has 9 nitrogen and oxygen atoms in total. The highest BCUT2D eigenvalue weighted by molar-refractivity contribution is 9.10. The number of H-pyrrole nitrogens is 2. The van der Waals surface area contributed by atoms with E-state index < -0.39 is 32.1 Å². The van der Waals surface area contributed by atoms with E-state index in [1.54, 1.807) is 24.3 Å². The number of aryl methyl sites for hydroxylation is 1.